The number of likely N-dealkylation sites (N-methyl/N-ethyl adjacent to an activating group) is 1. The van der Waals surface area contributed by atoms with Crippen LogP contribution in [0.1, 0.15) is 18.1 Å². The molecule has 1 atom stereocenters. The molecule has 2 aromatic rings. The second-order valence-corrected chi connectivity index (χ2v) is 6.50. The van der Waals surface area contributed by atoms with E-state index >= 15 is 0 Å². The molecule has 22 heavy (non-hydrogen) atoms. The van der Waals surface area contributed by atoms with Crippen molar-refractivity contribution in [1.29, 1.82) is 0 Å². The zero-order chi connectivity index (χ0) is 16.0. The monoisotopic (exact) mass is 360 g/mol. The molecule has 1 amide bonds. The highest BCUT2D eigenvalue weighted by Gasteiger charge is 2.28. The molecule has 0 fully saturated rings. The Balaban J connectivity index is 2.30. The normalized spacial score (nSPS) is 13.4. The second-order valence-electron chi connectivity index (χ2n) is 5.58. The highest BCUT2D eigenvalue weighted by molar-refractivity contribution is 9.10. The minimum Gasteiger partial charge on any atom is -0.345 e. The maximum absolute atomic E-state index is 12.1. The Bertz CT molecular complexity index is 630. The van der Waals surface area contributed by atoms with Gasteiger partial charge in [0.05, 0.1) is 12.1 Å². The zero-order valence-corrected chi connectivity index (χ0v) is 14.5. The lowest BCUT2D eigenvalue weighted by Gasteiger charge is -2.32. The Morgan fingerprint density at radius 1 is 1.14 bits per heavy atom. The number of amides is 1. The molecule has 2 aromatic carbocycles. The van der Waals surface area contributed by atoms with E-state index in [1.807, 2.05) is 30.3 Å². The number of benzene rings is 2. The van der Waals surface area contributed by atoms with E-state index in [1.54, 1.807) is 7.05 Å². The summed E-state index contributed by atoms with van der Waals surface area (Å²) in [5.41, 5.74) is 1.82. The van der Waals surface area contributed by atoms with Gasteiger partial charge in [-0.25, -0.2) is 0 Å². The van der Waals surface area contributed by atoms with Crippen molar-refractivity contribution >= 4 is 21.8 Å². The zero-order valence-electron chi connectivity index (χ0n) is 12.9. The van der Waals surface area contributed by atoms with Crippen molar-refractivity contribution in [3.8, 4) is 0 Å². The summed E-state index contributed by atoms with van der Waals surface area (Å²) in [7, 11) is 1.77. The molecule has 2 N–H and O–H groups in total. The number of hydrogen-bond donors (Lipinski definition) is 2. The average Bonchev–Trinajstić information content (AvgIpc) is 2.48. The Hall–Kier alpha value is -1.65. The van der Waals surface area contributed by atoms with E-state index in [0.717, 1.165) is 16.5 Å². The van der Waals surface area contributed by atoms with E-state index in [4.69, 9.17) is 0 Å². The number of halogens is 1. The van der Waals surface area contributed by atoms with E-state index in [2.05, 4.69) is 57.8 Å². The SMILES string of the molecule is CNCC(=O)NC(C)(Cc1cccc(Br)c1)c1ccccc1. The molecule has 0 spiro atoms. The van der Waals surface area contributed by atoms with Gasteiger partial charge >= 0.3 is 0 Å². The van der Waals surface area contributed by atoms with Gasteiger partial charge in [0.25, 0.3) is 0 Å². The van der Waals surface area contributed by atoms with Crippen LogP contribution in [0.2, 0.25) is 0 Å². The minimum atomic E-state index is -0.448. The first kappa shape index (κ1) is 16.7. The van der Waals surface area contributed by atoms with Crippen LogP contribution in [0, 0.1) is 0 Å². The summed E-state index contributed by atoms with van der Waals surface area (Å²) in [6, 6.07) is 18.3. The van der Waals surface area contributed by atoms with Crippen LogP contribution in [0.3, 0.4) is 0 Å². The lowest BCUT2D eigenvalue weighted by molar-refractivity contribution is -0.122. The third kappa shape index (κ3) is 4.42. The van der Waals surface area contributed by atoms with Gasteiger partial charge in [0.1, 0.15) is 0 Å². The van der Waals surface area contributed by atoms with Gasteiger partial charge in [-0.15, -0.1) is 0 Å². The summed E-state index contributed by atoms with van der Waals surface area (Å²) in [6.07, 6.45) is 0.728. The summed E-state index contributed by atoms with van der Waals surface area (Å²) in [5.74, 6) is -0.0103. The number of carbonyl (C=O) groups is 1. The van der Waals surface area contributed by atoms with Gasteiger partial charge in [-0.1, -0.05) is 58.4 Å². The lowest BCUT2D eigenvalue weighted by Crippen LogP contribution is -2.47. The molecule has 0 saturated heterocycles. The maximum Gasteiger partial charge on any atom is 0.234 e. The van der Waals surface area contributed by atoms with Crippen molar-refractivity contribution in [3.63, 3.8) is 0 Å². The molecular formula is C18H21BrN2O. The predicted octanol–water partition coefficient (Wildman–Crippen LogP) is 3.24. The first-order valence-electron chi connectivity index (χ1n) is 7.29. The van der Waals surface area contributed by atoms with Crippen LogP contribution in [0.4, 0.5) is 0 Å². The van der Waals surface area contributed by atoms with Crippen molar-refractivity contribution in [2.75, 3.05) is 13.6 Å². The summed E-state index contributed by atoms with van der Waals surface area (Å²) < 4.78 is 1.04. The highest BCUT2D eigenvalue weighted by Crippen LogP contribution is 2.26. The van der Waals surface area contributed by atoms with Crippen molar-refractivity contribution in [3.05, 3.63) is 70.2 Å². The summed E-state index contributed by atoms with van der Waals surface area (Å²) in [4.78, 5) is 12.1. The van der Waals surface area contributed by atoms with Gasteiger partial charge in [-0.05, 0) is 43.7 Å². The molecule has 0 saturated carbocycles. The van der Waals surface area contributed by atoms with Crippen LogP contribution < -0.4 is 10.6 Å². The van der Waals surface area contributed by atoms with Crippen LogP contribution in [-0.4, -0.2) is 19.5 Å². The Morgan fingerprint density at radius 2 is 1.86 bits per heavy atom. The molecule has 0 aromatic heterocycles. The topological polar surface area (TPSA) is 41.1 Å². The average molecular weight is 361 g/mol. The molecule has 0 bridgehead atoms. The highest BCUT2D eigenvalue weighted by atomic mass is 79.9. The molecule has 1 unspecified atom stereocenters. The standard InChI is InChI=1S/C18H21BrN2O/c1-18(21-17(22)13-20-2,15-8-4-3-5-9-15)12-14-7-6-10-16(19)11-14/h3-11,20H,12-13H2,1-2H3,(H,21,22). The number of hydrogen-bond acceptors (Lipinski definition) is 2. The second kappa shape index (κ2) is 7.56. The molecule has 0 aliphatic rings. The van der Waals surface area contributed by atoms with Gasteiger partial charge in [-0.3, -0.25) is 4.79 Å². The van der Waals surface area contributed by atoms with E-state index in [-0.39, 0.29) is 5.91 Å². The van der Waals surface area contributed by atoms with E-state index in [9.17, 15) is 4.79 Å². The van der Waals surface area contributed by atoms with Gasteiger partial charge < -0.3 is 10.6 Å². The predicted molar refractivity (Wildman–Crippen MR) is 93.7 cm³/mol. The quantitative estimate of drug-likeness (QED) is 0.830. The fourth-order valence-corrected chi connectivity index (χ4v) is 3.04. The summed E-state index contributed by atoms with van der Waals surface area (Å²) in [6.45, 7) is 2.37. The maximum atomic E-state index is 12.1. The molecular weight excluding hydrogens is 340 g/mol. The molecule has 4 heteroatoms. The Kier molecular flexibility index (Phi) is 5.75. The molecule has 2 rings (SSSR count). The number of nitrogens with one attached hydrogen (secondary N) is 2. The van der Waals surface area contributed by atoms with Crippen molar-refractivity contribution in [1.82, 2.24) is 10.6 Å². The Morgan fingerprint density at radius 3 is 2.50 bits per heavy atom. The smallest absolute Gasteiger partial charge is 0.234 e. The summed E-state index contributed by atoms with van der Waals surface area (Å²) in [5, 5.41) is 6.06. The van der Waals surface area contributed by atoms with Gasteiger partial charge in [0, 0.05) is 4.47 Å². The van der Waals surface area contributed by atoms with Crippen LogP contribution in [0.5, 0.6) is 0 Å². The summed E-state index contributed by atoms with van der Waals surface area (Å²) >= 11 is 3.50. The van der Waals surface area contributed by atoms with Gasteiger partial charge in [0.2, 0.25) is 5.91 Å². The van der Waals surface area contributed by atoms with Crippen LogP contribution in [-0.2, 0) is 16.8 Å². The van der Waals surface area contributed by atoms with Gasteiger partial charge in [0.15, 0.2) is 0 Å². The minimum absolute atomic E-state index is 0.0103. The van der Waals surface area contributed by atoms with Gasteiger partial charge in [-0.2, -0.15) is 0 Å². The molecule has 0 aliphatic heterocycles. The van der Waals surface area contributed by atoms with E-state index < -0.39 is 5.54 Å². The Labute approximate surface area is 140 Å². The first-order valence-corrected chi connectivity index (χ1v) is 8.08. The fourth-order valence-electron chi connectivity index (χ4n) is 2.59. The third-order valence-electron chi connectivity index (χ3n) is 3.61. The molecule has 0 radical (unpaired) electrons. The van der Waals surface area contributed by atoms with Crippen LogP contribution >= 0.6 is 15.9 Å². The van der Waals surface area contributed by atoms with Crippen molar-refractivity contribution < 1.29 is 4.79 Å². The lowest BCUT2D eigenvalue weighted by atomic mass is 9.85. The fraction of sp³-hybridized carbons (Fsp3) is 0.278. The van der Waals surface area contributed by atoms with E-state index in [1.165, 1.54) is 5.56 Å². The number of carbonyl (C=O) groups excluding carboxylic acids is 1. The molecule has 116 valence electrons. The first-order chi connectivity index (χ1) is 10.5. The third-order valence-corrected chi connectivity index (χ3v) is 4.10. The van der Waals surface area contributed by atoms with Crippen molar-refractivity contribution in [2.24, 2.45) is 0 Å². The molecule has 3 nitrogen and oxygen atoms in total. The number of rotatable bonds is 6. The molecule has 0 aliphatic carbocycles. The molecule has 0 heterocycles. The van der Waals surface area contributed by atoms with E-state index in [0.29, 0.717) is 6.54 Å². The van der Waals surface area contributed by atoms with Crippen LogP contribution in [0.25, 0.3) is 0 Å². The van der Waals surface area contributed by atoms with Crippen molar-refractivity contribution in [2.45, 2.75) is 18.9 Å². The van der Waals surface area contributed by atoms with Crippen LogP contribution in [0.15, 0.2) is 59.1 Å². The largest absolute Gasteiger partial charge is 0.345 e.